The molecule has 1 aromatic heterocycles. The van der Waals surface area contributed by atoms with Crippen molar-refractivity contribution in [3.63, 3.8) is 0 Å². The number of aromatic nitrogens is 2. The number of benzene rings is 2. The molecule has 0 spiro atoms. The Morgan fingerprint density at radius 2 is 1.90 bits per heavy atom. The SMILES string of the molecule is Cc1cccc(NC(=O)CN(C)C(=O)c2cn(C)nc2-c2ccc(F)cc2F)c1C. The lowest BCUT2D eigenvalue weighted by Gasteiger charge is -2.18. The van der Waals surface area contributed by atoms with E-state index in [-0.39, 0.29) is 29.3 Å². The molecule has 3 aromatic rings. The molecule has 0 saturated carbocycles. The Morgan fingerprint density at radius 3 is 2.60 bits per heavy atom. The molecule has 0 bridgehead atoms. The van der Waals surface area contributed by atoms with Crippen LogP contribution >= 0.6 is 0 Å². The second-order valence-electron chi connectivity index (χ2n) is 7.15. The van der Waals surface area contributed by atoms with E-state index in [1.807, 2.05) is 26.0 Å². The van der Waals surface area contributed by atoms with E-state index in [0.29, 0.717) is 5.69 Å². The highest BCUT2D eigenvalue weighted by atomic mass is 19.1. The average molecular weight is 412 g/mol. The van der Waals surface area contributed by atoms with Gasteiger partial charge in [0.1, 0.15) is 17.3 Å². The fourth-order valence-electron chi connectivity index (χ4n) is 3.09. The molecule has 2 amide bonds. The van der Waals surface area contributed by atoms with Gasteiger partial charge in [0, 0.05) is 37.6 Å². The van der Waals surface area contributed by atoms with Crippen LogP contribution in [-0.4, -0.2) is 40.1 Å². The summed E-state index contributed by atoms with van der Waals surface area (Å²) in [5.41, 5.74) is 2.87. The maximum absolute atomic E-state index is 14.2. The number of nitrogens with one attached hydrogen (secondary N) is 1. The molecule has 2 aromatic carbocycles. The molecule has 1 heterocycles. The zero-order chi connectivity index (χ0) is 22.0. The van der Waals surface area contributed by atoms with Crippen molar-refractivity contribution in [2.24, 2.45) is 7.05 Å². The van der Waals surface area contributed by atoms with Crippen molar-refractivity contribution >= 4 is 17.5 Å². The fourth-order valence-corrected chi connectivity index (χ4v) is 3.09. The molecule has 0 aliphatic carbocycles. The first kappa shape index (κ1) is 21.2. The third-order valence-electron chi connectivity index (χ3n) is 4.85. The molecule has 0 saturated heterocycles. The van der Waals surface area contributed by atoms with E-state index in [2.05, 4.69) is 10.4 Å². The van der Waals surface area contributed by atoms with Crippen LogP contribution in [0.1, 0.15) is 21.5 Å². The van der Waals surface area contributed by atoms with Gasteiger partial charge < -0.3 is 10.2 Å². The topological polar surface area (TPSA) is 67.2 Å². The molecule has 1 N–H and O–H groups in total. The predicted molar refractivity (Wildman–Crippen MR) is 110 cm³/mol. The lowest BCUT2D eigenvalue weighted by atomic mass is 10.1. The normalized spacial score (nSPS) is 10.7. The molecule has 0 aliphatic heterocycles. The van der Waals surface area contributed by atoms with Crippen LogP contribution in [0.5, 0.6) is 0 Å². The van der Waals surface area contributed by atoms with Gasteiger partial charge in [0.05, 0.1) is 12.1 Å². The molecule has 0 fully saturated rings. The molecule has 8 heteroatoms. The second-order valence-corrected chi connectivity index (χ2v) is 7.15. The smallest absolute Gasteiger partial charge is 0.257 e. The van der Waals surface area contributed by atoms with Crippen LogP contribution in [0.3, 0.4) is 0 Å². The van der Waals surface area contributed by atoms with Gasteiger partial charge >= 0.3 is 0 Å². The van der Waals surface area contributed by atoms with Gasteiger partial charge in [0.25, 0.3) is 5.91 Å². The zero-order valence-electron chi connectivity index (χ0n) is 17.2. The van der Waals surface area contributed by atoms with Gasteiger partial charge in [-0.3, -0.25) is 14.3 Å². The maximum atomic E-state index is 14.2. The fraction of sp³-hybridized carbons (Fsp3) is 0.227. The summed E-state index contributed by atoms with van der Waals surface area (Å²) in [6, 6.07) is 8.64. The first-order valence-electron chi connectivity index (χ1n) is 9.28. The monoisotopic (exact) mass is 412 g/mol. The van der Waals surface area contributed by atoms with Crippen molar-refractivity contribution in [3.8, 4) is 11.3 Å². The Morgan fingerprint density at radius 1 is 1.17 bits per heavy atom. The van der Waals surface area contributed by atoms with Crippen LogP contribution in [0.4, 0.5) is 14.5 Å². The van der Waals surface area contributed by atoms with Gasteiger partial charge in [0.2, 0.25) is 5.91 Å². The number of aryl methyl sites for hydroxylation is 2. The van der Waals surface area contributed by atoms with Crippen molar-refractivity contribution in [1.82, 2.24) is 14.7 Å². The number of carbonyl (C=O) groups excluding carboxylic acids is 2. The summed E-state index contributed by atoms with van der Waals surface area (Å²) in [5, 5.41) is 6.95. The minimum atomic E-state index is -0.821. The number of likely N-dealkylation sites (N-methyl/N-ethyl adjacent to an activating group) is 1. The Balaban J connectivity index is 1.80. The van der Waals surface area contributed by atoms with E-state index in [1.165, 1.54) is 28.9 Å². The van der Waals surface area contributed by atoms with Gasteiger partial charge in [0.15, 0.2) is 0 Å². The number of anilines is 1. The lowest BCUT2D eigenvalue weighted by Crippen LogP contribution is -2.35. The zero-order valence-corrected chi connectivity index (χ0v) is 17.2. The number of hydrogen-bond acceptors (Lipinski definition) is 3. The quantitative estimate of drug-likeness (QED) is 0.695. The molecule has 0 unspecified atom stereocenters. The van der Waals surface area contributed by atoms with Crippen molar-refractivity contribution in [3.05, 3.63) is 70.9 Å². The predicted octanol–water partition coefficient (Wildman–Crippen LogP) is 3.69. The van der Waals surface area contributed by atoms with E-state index >= 15 is 0 Å². The Bertz CT molecular complexity index is 1120. The molecule has 6 nitrogen and oxygen atoms in total. The summed E-state index contributed by atoms with van der Waals surface area (Å²) in [4.78, 5) is 26.6. The second kappa shape index (κ2) is 8.44. The van der Waals surface area contributed by atoms with Crippen LogP contribution in [0, 0.1) is 25.5 Å². The number of nitrogens with zero attached hydrogens (tertiary/aromatic N) is 3. The number of amides is 2. The number of rotatable bonds is 5. The Kier molecular flexibility index (Phi) is 5.96. The Labute approximate surface area is 173 Å². The molecule has 0 atom stereocenters. The molecular weight excluding hydrogens is 390 g/mol. The van der Waals surface area contributed by atoms with Crippen LogP contribution < -0.4 is 5.32 Å². The highest BCUT2D eigenvalue weighted by Gasteiger charge is 2.24. The van der Waals surface area contributed by atoms with E-state index in [4.69, 9.17) is 0 Å². The summed E-state index contributed by atoms with van der Waals surface area (Å²) in [5.74, 6) is -2.41. The van der Waals surface area contributed by atoms with Crippen LogP contribution in [0.15, 0.2) is 42.6 Å². The van der Waals surface area contributed by atoms with Gasteiger partial charge in [-0.1, -0.05) is 12.1 Å². The minimum Gasteiger partial charge on any atom is -0.332 e. The maximum Gasteiger partial charge on any atom is 0.257 e. The number of carbonyl (C=O) groups is 2. The van der Waals surface area contributed by atoms with Crippen molar-refractivity contribution < 1.29 is 18.4 Å². The lowest BCUT2D eigenvalue weighted by molar-refractivity contribution is -0.116. The molecule has 0 radical (unpaired) electrons. The Hall–Kier alpha value is -3.55. The van der Waals surface area contributed by atoms with E-state index in [9.17, 15) is 18.4 Å². The molecule has 3 rings (SSSR count). The third kappa shape index (κ3) is 4.37. The van der Waals surface area contributed by atoms with Crippen molar-refractivity contribution in [2.45, 2.75) is 13.8 Å². The summed E-state index contributed by atoms with van der Waals surface area (Å²) < 4.78 is 28.9. The summed E-state index contributed by atoms with van der Waals surface area (Å²) in [6.45, 7) is 3.64. The number of hydrogen-bond donors (Lipinski definition) is 1. The molecule has 156 valence electrons. The van der Waals surface area contributed by atoms with Gasteiger partial charge in [-0.15, -0.1) is 0 Å². The van der Waals surface area contributed by atoms with Gasteiger partial charge in [-0.2, -0.15) is 5.10 Å². The van der Waals surface area contributed by atoms with Crippen molar-refractivity contribution in [1.29, 1.82) is 0 Å². The third-order valence-corrected chi connectivity index (χ3v) is 4.85. The molecule has 0 aliphatic rings. The standard InChI is InChI=1S/C22H22F2N4O2/c1-13-6-5-7-19(14(13)2)25-20(29)12-27(3)22(30)17-11-28(4)26-21(17)16-9-8-15(23)10-18(16)24/h5-11H,12H2,1-4H3,(H,25,29). The first-order valence-corrected chi connectivity index (χ1v) is 9.28. The summed E-state index contributed by atoms with van der Waals surface area (Å²) in [7, 11) is 3.07. The largest absolute Gasteiger partial charge is 0.332 e. The minimum absolute atomic E-state index is 0.00795. The summed E-state index contributed by atoms with van der Waals surface area (Å²) >= 11 is 0. The highest BCUT2D eigenvalue weighted by Crippen LogP contribution is 2.26. The van der Waals surface area contributed by atoms with Gasteiger partial charge in [-0.25, -0.2) is 8.78 Å². The van der Waals surface area contributed by atoms with Crippen LogP contribution in [0.25, 0.3) is 11.3 Å². The van der Waals surface area contributed by atoms with Gasteiger partial charge in [-0.05, 0) is 43.2 Å². The van der Waals surface area contributed by atoms with Crippen molar-refractivity contribution in [2.75, 3.05) is 18.9 Å². The molecule has 30 heavy (non-hydrogen) atoms. The van der Waals surface area contributed by atoms with Crippen LogP contribution in [0.2, 0.25) is 0 Å². The summed E-state index contributed by atoms with van der Waals surface area (Å²) in [6.07, 6.45) is 1.44. The highest BCUT2D eigenvalue weighted by molar-refractivity contribution is 6.02. The molecular formula is C22H22F2N4O2. The van der Waals surface area contributed by atoms with Crippen LogP contribution in [-0.2, 0) is 11.8 Å². The first-order chi connectivity index (χ1) is 14.2. The average Bonchev–Trinajstić information content (AvgIpc) is 3.06. The van der Waals surface area contributed by atoms with E-state index < -0.39 is 17.5 Å². The van der Waals surface area contributed by atoms with E-state index in [0.717, 1.165) is 23.3 Å². The van der Waals surface area contributed by atoms with E-state index in [1.54, 1.807) is 13.1 Å². The number of halogens is 2.